The van der Waals surface area contributed by atoms with Crippen LogP contribution in [0, 0.1) is 0 Å². The first kappa shape index (κ1) is 19.4. The quantitative estimate of drug-likeness (QED) is 0.573. The highest BCUT2D eigenvalue weighted by molar-refractivity contribution is 5.82. The summed E-state index contributed by atoms with van der Waals surface area (Å²) in [5.74, 6) is 0.447. The van der Waals surface area contributed by atoms with Gasteiger partial charge in [-0.3, -0.25) is 4.79 Å². The van der Waals surface area contributed by atoms with Gasteiger partial charge in [-0.2, -0.15) is 0 Å². The number of aryl methyl sites for hydroxylation is 1. The third-order valence-corrected chi connectivity index (χ3v) is 5.28. The molecule has 1 aliphatic rings. The summed E-state index contributed by atoms with van der Waals surface area (Å²) in [5.41, 5.74) is 1.79. The van der Waals surface area contributed by atoms with Gasteiger partial charge in [0.2, 0.25) is 5.91 Å². The number of phenols is 1. The van der Waals surface area contributed by atoms with Gasteiger partial charge >= 0.3 is 5.63 Å². The third-order valence-electron chi connectivity index (χ3n) is 5.28. The van der Waals surface area contributed by atoms with E-state index in [-0.39, 0.29) is 11.7 Å². The number of benzene rings is 1. The lowest BCUT2D eigenvalue weighted by Gasteiger charge is -2.19. The fourth-order valence-electron chi connectivity index (χ4n) is 3.72. The second-order valence-electron chi connectivity index (χ2n) is 7.25. The highest BCUT2D eigenvalue weighted by atomic mass is 16.4. The molecule has 6 heteroatoms. The molecule has 146 valence electrons. The van der Waals surface area contributed by atoms with Crippen molar-refractivity contribution in [3.8, 4) is 5.75 Å². The minimum Gasteiger partial charge on any atom is -0.508 e. The van der Waals surface area contributed by atoms with Crippen LogP contribution in [0.25, 0.3) is 11.0 Å². The van der Waals surface area contributed by atoms with Crippen LogP contribution in [0.2, 0.25) is 0 Å². The van der Waals surface area contributed by atoms with Crippen molar-refractivity contribution in [2.45, 2.75) is 52.0 Å². The van der Waals surface area contributed by atoms with Gasteiger partial charge in [-0.05, 0) is 30.9 Å². The molecular weight excluding hydrogens is 344 g/mol. The lowest BCUT2D eigenvalue weighted by atomic mass is 10.0. The van der Waals surface area contributed by atoms with Crippen LogP contribution in [0.15, 0.2) is 27.4 Å². The number of hydrogen-bond donors (Lipinski definition) is 2. The van der Waals surface area contributed by atoms with Gasteiger partial charge in [-0.1, -0.05) is 13.3 Å². The third kappa shape index (κ3) is 4.89. The normalized spacial score (nSPS) is 15.3. The first-order valence-electron chi connectivity index (χ1n) is 9.96. The number of nitrogens with two attached hydrogens (primary N) is 1. The van der Waals surface area contributed by atoms with Gasteiger partial charge in [0.15, 0.2) is 0 Å². The molecule has 3 rings (SSSR count). The summed E-state index contributed by atoms with van der Waals surface area (Å²) in [5, 5.41) is 13.0. The van der Waals surface area contributed by atoms with Gasteiger partial charge in [0.25, 0.3) is 0 Å². The molecule has 27 heavy (non-hydrogen) atoms. The SMILES string of the molecule is CCc1cc2c(C[NH2+]CCCN3CCCCCC3=O)cc(=O)oc2cc1O. The highest BCUT2D eigenvalue weighted by Crippen LogP contribution is 2.26. The van der Waals surface area contributed by atoms with Crippen molar-refractivity contribution in [1.29, 1.82) is 0 Å². The molecule has 1 aromatic heterocycles. The summed E-state index contributed by atoms with van der Waals surface area (Å²) in [6.07, 6.45) is 5.60. The Hall–Kier alpha value is -2.34. The zero-order valence-corrected chi connectivity index (χ0v) is 16.0. The summed E-state index contributed by atoms with van der Waals surface area (Å²) in [6.45, 7) is 5.23. The maximum atomic E-state index is 12.0. The van der Waals surface area contributed by atoms with E-state index in [1.807, 2.05) is 17.9 Å². The fourth-order valence-corrected chi connectivity index (χ4v) is 3.72. The molecule has 2 heterocycles. The van der Waals surface area contributed by atoms with Crippen LogP contribution in [-0.4, -0.2) is 35.5 Å². The first-order valence-corrected chi connectivity index (χ1v) is 9.96. The number of quaternary nitrogens is 1. The van der Waals surface area contributed by atoms with Crippen molar-refractivity contribution in [2.24, 2.45) is 0 Å². The predicted octanol–water partition coefficient (Wildman–Crippen LogP) is 1.92. The Morgan fingerprint density at radius 1 is 1.15 bits per heavy atom. The Morgan fingerprint density at radius 3 is 2.81 bits per heavy atom. The maximum absolute atomic E-state index is 12.0. The van der Waals surface area contributed by atoms with Crippen LogP contribution in [0.3, 0.4) is 0 Å². The highest BCUT2D eigenvalue weighted by Gasteiger charge is 2.16. The van der Waals surface area contributed by atoms with Crippen molar-refractivity contribution in [3.05, 3.63) is 39.7 Å². The van der Waals surface area contributed by atoms with Crippen LogP contribution in [0.5, 0.6) is 5.75 Å². The van der Waals surface area contributed by atoms with Crippen molar-refractivity contribution in [3.63, 3.8) is 0 Å². The zero-order valence-electron chi connectivity index (χ0n) is 16.0. The number of amides is 1. The number of likely N-dealkylation sites (tertiary alicyclic amines) is 1. The number of fused-ring (bicyclic) bond motifs is 1. The summed E-state index contributed by atoms with van der Waals surface area (Å²) in [4.78, 5) is 25.8. The molecule has 0 saturated carbocycles. The van der Waals surface area contributed by atoms with Crippen molar-refractivity contribution in [1.82, 2.24) is 4.90 Å². The Balaban J connectivity index is 1.60. The number of carbonyl (C=O) groups excluding carboxylic acids is 1. The number of nitrogens with zero attached hydrogens (tertiary/aromatic N) is 1. The standard InChI is InChI=1S/C21H28N2O4/c1-2-15-11-17-16(12-21(26)27-19(17)13-18(15)24)14-22-8-6-10-23-9-5-3-4-7-20(23)25/h11-13,22,24H,2-10,14H2,1H3/p+1. The molecule has 0 radical (unpaired) electrons. The number of phenolic OH excluding ortho intramolecular Hbond substituents is 1. The molecule has 0 aliphatic carbocycles. The van der Waals surface area contributed by atoms with E-state index in [1.165, 1.54) is 12.1 Å². The molecule has 0 spiro atoms. The number of rotatable bonds is 7. The predicted molar refractivity (Wildman–Crippen MR) is 104 cm³/mol. The van der Waals surface area contributed by atoms with Crippen LogP contribution in [-0.2, 0) is 17.8 Å². The van der Waals surface area contributed by atoms with E-state index in [1.54, 1.807) is 0 Å². The maximum Gasteiger partial charge on any atom is 0.336 e. The van der Waals surface area contributed by atoms with Gasteiger partial charge in [-0.25, -0.2) is 4.79 Å². The smallest absolute Gasteiger partial charge is 0.336 e. The average molecular weight is 373 g/mol. The molecule has 1 saturated heterocycles. The van der Waals surface area contributed by atoms with Gasteiger partial charge < -0.3 is 19.7 Å². The second-order valence-corrected chi connectivity index (χ2v) is 7.25. The summed E-state index contributed by atoms with van der Waals surface area (Å²) in [6, 6.07) is 4.98. The van der Waals surface area contributed by atoms with E-state index in [4.69, 9.17) is 4.42 Å². The van der Waals surface area contributed by atoms with E-state index >= 15 is 0 Å². The van der Waals surface area contributed by atoms with Crippen LogP contribution >= 0.6 is 0 Å². The number of carbonyl (C=O) groups is 1. The summed E-state index contributed by atoms with van der Waals surface area (Å²) >= 11 is 0. The number of aromatic hydroxyl groups is 1. The van der Waals surface area contributed by atoms with E-state index < -0.39 is 5.63 Å². The second kappa shape index (κ2) is 9.04. The Bertz CT molecular complexity index is 859. The minimum atomic E-state index is -0.398. The molecule has 2 aromatic rings. The average Bonchev–Trinajstić information content (AvgIpc) is 2.85. The lowest BCUT2D eigenvalue weighted by Crippen LogP contribution is -2.82. The molecule has 1 aliphatic heterocycles. The molecule has 0 atom stereocenters. The summed E-state index contributed by atoms with van der Waals surface area (Å²) < 4.78 is 5.24. The largest absolute Gasteiger partial charge is 0.508 e. The molecule has 1 amide bonds. The lowest BCUT2D eigenvalue weighted by molar-refractivity contribution is -0.670. The monoisotopic (exact) mass is 373 g/mol. The van der Waals surface area contributed by atoms with Gasteiger partial charge in [0.05, 0.1) is 6.54 Å². The zero-order chi connectivity index (χ0) is 19.2. The minimum absolute atomic E-state index is 0.163. The van der Waals surface area contributed by atoms with Crippen LogP contribution < -0.4 is 10.9 Å². The van der Waals surface area contributed by atoms with E-state index in [0.717, 1.165) is 61.8 Å². The van der Waals surface area contributed by atoms with Crippen molar-refractivity contribution < 1.29 is 19.6 Å². The number of hydrogen-bond acceptors (Lipinski definition) is 4. The molecule has 1 fully saturated rings. The molecule has 6 nitrogen and oxygen atoms in total. The Labute approximate surface area is 159 Å². The molecule has 3 N–H and O–H groups in total. The molecular formula is C21H29N2O4+. The fraction of sp³-hybridized carbons (Fsp3) is 0.524. The molecule has 0 unspecified atom stereocenters. The first-order chi connectivity index (χ1) is 13.1. The van der Waals surface area contributed by atoms with Crippen LogP contribution in [0.1, 0.15) is 50.2 Å². The van der Waals surface area contributed by atoms with E-state index in [2.05, 4.69) is 5.32 Å². The molecule has 0 bridgehead atoms. The van der Waals surface area contributed by atoms with Crippen LogP contribution in [0.4, 0.5) is 0 Å². The Kier molecular flexibility index (Phi) is 6.50. The van der Waals surface area contributed by atoms with Gasteiger partial charge in [0, 0.05) is 49.0 Å². The van der Waals surface area contributed by atoms with E-state index in [9.17, 15) is 14.7 Å². The van der Waals surface area contributed by atoms with E-state index in [0.29, 0.717) is 25.0 Å². The summed E-state index contributed by atoms with van der Waals surface area (Å²) in [7, 11) is 0. The van der Waals surface area contributed by atoms with Gasteiger partial charge in [0.1, 0.15) is 17.9 Å². The molecule has 1 aromatic carbocycles. The van der Waals surface area contributed by atoms with Crippen molar-refractivity contribution >= 4 is 16.9 Å². The topological polar surface area (TPSA) is 87.4 Å². The van der Waals surface area contributed by atoms with Gasteiger partial charge in [-0.15, -0.1) is 0 Å². The Morgan fingerprint density at radius 2 is 2.00 bits per heavy atom. The van der Waals surface area contributed by atoms with Crippen molar-refractivity contribution in [2.75, 3.05) is 19.6 Å².